The quantitative estimate of drug-likeness (QED) is 0.650. The number of carbonyl (C=O) groups excluding carboxylic acids is 1. The number of carbonyl (C=O) groups is 1. The van der Waals surface area contributed by atoms with E-state index in [2.05, 4.69) is 4.98 Å². The molecule has 0 bridgehead atoms. The fourth-order valence-electron chi connectivity index (χ4n) is 1.90. The Labute approximate surface area is 113 Å². The van der Waals surface area contributed by atoms with Gasteiger partial charge in [-0.15, -0.1) is 0 Å². The summed E-state index contributed by atoms with van der Waals surface area (Å²) in [4.78, 5) is 16.1. The summed E-state index contributed by atoms with van der Waals surface area (Å²) in [5, 5.41) is 4.31. The normalized spacial score (nSPS) is 10.7. The molecule has 0 saturated heterocycles. The maximum atomic E-state index is 11.5. The van der Waals surface area contributed by atoms with Crippen molar-refractivity contribution in [3.63, 3.8) is 0 Å². The standard InChI is InChI=1S/C14H8ClNOS/c15-14(17)11-7-13(9-5-6-18-8-9)16-12-4-2-1-3-10(11)12/h1-8H. The Bertz CT molecular complexity index is 722. The predicted octanol–water partition coefficient (Wildman–Crippen LogP) is 4.34. The molecule has 0 saturated carbocycles. The van der Waals surface area contributed by atoms with Crippen molar-refractivity contribution in [3.05, 3.63) is 52.7 Å². The third kappa shape index (κ3) is 1.92. The fraction of sp³-hybridized carbons (Fsp3) is 0. The van der Waals surface area contributed by atoms with Crippen LogP contribution in [-0.4, -0.2) is 10.2 Å². The molecular formula is C14H8ClNOS. The van der Waals surface area contributed by atoms with Crippen molar-refractivity contribution in [1.82, 2.24) is 4.98 Å². The molecule has 0 amide bonds. The smallest absolute Gasteiger partial charge is 0.253 e. The molecule has 0 aliphatic heterocycles. The minimum atomic E-state index is -0.454. The molecule has 2 nitrogen and oxygen atoms in total. The number of benzene rings is 1. The highest BCUT2D eigenvalue weighted by molar-refractivity contribution is 7.08. The number of hydrogen-bond acceptors (Lipinski definition) is 3. The fourth-order valence-corrected chi connectivity index (χ4v) is 2.70. The zero-order chi connectivity index (χ0) is 12.5. The van der Waals surface area contributed by atoms with Gasteiger partial charge in [0.25, 0.3) is 5.24 Å². The van der Waals surface area contributed by atoms with Gasteiger partial charge in [-0.05, 0) is 35.2 Å². The molecule has 2 heterocycles. The average Bonchev–Trinajstić information content (AvgIpc) is 2.91. The first-order valence-electron chi connectivity index (χ1n) is 5.38. The lowest BCUT2D eigenvalue weighted by molar-refractivity contribution is 0.108. The van der Waals surface area contributed by atoms with Crippen LogP contribution in [0.15, 0.2) is 47.2 Å². The van der Waals surface area contributed by atoms with Crippen LogP contribution in [0.4, 0.5) is 0 Å². The van der Waals surface area contributed by atoms with Crippen LogP contribution < -0.4 is 0 Å². The van der Waals surface area contributed by atoms with E-state index in [-0.39, 0.29) is 0 Å². The molecule has 18 heavy (non-hydrogen) atoms. The second kappa shape index (κ2) is 4.52. The van der Waals surface area contributed by atoms with Crippen molar-refractivity contribution in [2.24, 2.45) is 0 Å². The third-order valence-electron chi connectivity index (χ3n) is 2.74. The number of halogens is 1. The summed E-state index contributed by atoms with van der Waals surface area (Å²) in [6.07, 6.45) is 0. The highest BCUT2D eigenvalue weighted by Crippen LogP contribution is 2.26. The lowest BCUT2D eigenvalue weighted by Gasteiger charge is -2.05. The summed E-state index contributed by atoms with van der Waals surface area (Å²) in [7, 11) is 0. The van der Waals surface area contributed by atoms with Gasteiger partial charge in [0.15, 0.2) is 0 Å². The topological polar surface area (TPSA) is 30.0 Å². The Morgan fingerprint density at radius 3 is 2.78 bits per heavy atom. The molecule has 4 heteroatoms. The largest absolute Gasteiger partial charge is 0.276 e. The monoisotopic (exact) mass is 273 g/mol. The summed E-state index contributed by atoms with van der Waals surface area (Å²) in [5.74, 6) is 0. The maximum Gasteiger partial charge on any atom is 0.253 e. The minimum absolute atomic E-state index is 0.454. The van der Waals surface area contributed by atoms with Crippen molar-refractivity contribution >= 4 is 39.1 Å². The molecular weight excluding hydrogens is 266 g/mol. The van der Waals surface area contributed by atoms with Crippen LogP contribution in [0.25, 0.3) is 22.2 Å². The SMILES string of the molecule is O=C(Cl)c1cc(-c2ccsc2)nc2ccccc12. The van der Waals surface area contributed by atoms with Gasteiger partial charge < -0.3 is 0 Å². The first-order chi connectivity index (χ1) is 8.75. The van der Waals surface area contributed by atoms with E-state index in [4.69, 9.17) is 11.6 Å². The van der Waals surface area contributed by atoms with Gasteiger partial charge in [0.05, 0.1) is 11.2 Å². The van der Waals surface area contributed by atoms with Crippen LogP contribution in [0.2, 0.25) is 0 Å². The number of aromatic nitrogens is 1. The van der Waals surface area contributed by atoms with E-state index < -0.39 is 5.24 Å². The Balaban J connectivity index is 2.33. The van der Waals surface area contributed by atoms with Crippen LogP contribution in [0.5, 0.6) is 0 Å². The van der Waals surface area contributed by atoms with Gasteiger partial charge in [0, 0.05) is 21.9 Å². The number of fused-ring (bicyclic) bond motifs is 1. The van der Waals surface area contributed by atoms with Crippen molar-refractivity contribution in [3.8, 4) is 11.3 Å². The zero-order valence-electron chi connectivity index (χ0n) is 9.26. The summed E-state index contributed by atoms with van der Waals surface area (Å²) < 4.78 is 0. The molecule has 0 radical (unpaired) electrons. The molecule has 0 spiro atoms. The van der Waals surface area contributed by atoms with Crippen molar-refractivity contribution in [2.45, 2.75) is 0 Å². The number of thiophene rings is 1. The van der Waals surface area contributed by atoms with Crippen LogP contribution in [0, 0.1) is 0 Å². The molecule has 3 aromatic rings. The molecule has 1 aromatic carbocycles. The van der Waals surface area contributed by atoms with Crippen LogP contribution in [-0.2, 0) is 0 Å². The number of pyridine rings is 1. The van der Waals surface area contributed by atoms with E-state index in [0.29, 0.717) is 5.56 Å². The van der Waals surface area contributed by atoms with E-state index in [1.807, 2.05) is 41.1 Å². The lowest BCUT2D eigenvalue weighted by atomic mass is 10.1. The first kappa shape index (κ1) is 11.4. The molecule has 0 aliphatic rings. The molecule has 0 N–H and O–H groups in total. The van der Waals surface area contributed by atoms with Crippen molar-refractivity contribution in [2.75, 3.05) is 0 Å². The first-order valence-corrected chi connectivity index (χ1v) is 6.70. The second-order valence-electron chi connectivity index (χ2n) is 3.86. The van der Waals surface area contributed by atoms with Gasteiger partial charge in [0.2, 0.25) is 0 Å². The zero-order valence-corrected chi connectivity index (χ0v) is 10.8. The van der Waals surface area contributed by atoms with E-state index >= 15 is 0 Å². The molecule has 0 atom stereocenters. The third-order valence-corrected chi connectivity index (χ3v) is 3.63. The Morgan fingerprint density at radius 1 is 1.22 bits per heavy atom. The van der Waals surface area contributed by atoms with Gasteiger partial charge in [0.1, 0.15) is 0 Å². The molecule has 88 valence electrons. The van der Waals surface area contributed by atoms with Gasteiger partial charge in [-0.3, -0.25) is 4.79 Å². The number of rotatable bonds is 2. The number of nitrogens with zero attached hydrogens (tertiary/aromatic N) is 1. The van der Waals surface area contributed by atoms with Crippen molar-refractivity contribution in [1.29, 1.82) is 0 Å². The lowest BCUT2D eigenvalue weighted by Crippen LogP contribution is -1.95. The van der Waals surface area contributed by atoms with E-state index in [1.54, 1.807) is 17.4 Å². The van der Waals surface area contributed by atoms with E-state index in [1.165, 1.54) is 0 Å². The summed E-state index contributed by atoms with van der Waals surface area (Å²) >= 11 is 7.25. The van der Waals surface area contributed by atoms with E-state index in [9.17, 15) is 4.79 Å². The summed E-state index contributed by atoms with van der Waals surface area (Å²) in [6.45, 7) is 0. The molecule has 0 fully saturated rings. The average molecular weight is 274 g/mol. The molecule has 0 unspecified atom stereocenters. The molecule has 0 aliphatic carbocycles. The highest BCUT2D eigenvalue weighted by Gasteiger charge is 2.11. The van der Waals surface area contributed by atoms with E-state index in [0.717, 1.165) is 22.2 Å². The van der Waals surface area contributed by atoms with Crippen LogP contribution in [0.3, 0.4) is 0 Å². The van der Waals surface area contributed by atoms with Crippen LogP contribution in [0.1, 0.15) is 10.4 Å². The minimum Gasteiger partial charge on any atom is -0.276 e. The second-order valence-corrected chi connectivity index (χ2v) is 4.98. The van der Waals surface area contributed by atoms with Gasteiger partial charge in [-0.1, -0.05) is 18.2 Å². The Morgan fingerprint density at radius 2 is 2.06 bits per heavy atom. The Kier molecular flexibility index (Phi) is 2.86. The molecule has 2 aromatic heterocycles. The summed E-state index contributed by atoms with van der Waals surface area (Å²) in [6, 6.07) is 11.2. The Hall–Kier alpha value is -1.71. The van der Waals surface area contributed by atoms with Gasteiger partial charge >= 0.3 is 0 Å². The van der Waals surface area contributed by atoms with Gasteiger partial charge in [-0.2, -0.15) is 11.3 Å². The van der Waals surface area contributed by atoms with Crippen molar-refractivity contribution < 1.29 is 4.79 Å². The highest BCUT2D eigenvalue weighted by atomic mass is 35.5. The van der Waals surface area contributed by atoms with Gasteiger partial charge in [-0.25, -0.2) is 4.98 Å². The molecule has 3 rings (SSSR count). The number of hydrogen-bond donors (Lipinski definition) is 0. The van der Waals surface area contributed by atoms with Crippen LogP contribution >= 0.6 is 22.9 Å². The summed E-state index contributed by atoms with van der Waals surface area (Å²) in [5.41, 5.74) is 3.07. The number of para-hydroxylation sites is 1. The predicted molar refractivity (Wildman–Crippen MR) is 75.2 cm³/mol. The maximum absolute atomic E-state index is 11.5.